The van der Waals surface area contributed by atoms with E-state index < -0.39 is 22.3 Å². The van der Waals surface area contributed by atoms with E-state index in [-0.39, 0.29) is 11.1 Å². The van der Waals surface area contributed by atoms with E-state index in [4.69, 9.17) is 4.43 Å². The Morgan fingerprint density at radius 2 is 1.75 bits per heavy atom. The van der Waals surface area contributed by atoms with Gasteiger partial charge in [-0.15, -0.1) is 0 Å². The molecule has 170 valence electrons. The van der Waals surface area contributed by atoms with Crippen LogP contribution in [0, 0.1) is 0 Å². The molecule has 0 N–H and O–H groups in total. The molecule has 1 saturated carbocycles. The van der Waals surface area contributed by atoms with Crippen molar-refractivity contribution in [3.63, 3.8) is 0 Å². The van der Waals surface area contributed by atoms with Gasteiger partial charge in [0, 0.05) is 12.0 Å². The number of rotatable bonds is 6. The lowest BCUT2D eigenvalue weighted by Crippen LogP contribution is -2.45. The fraction of sp³-hybridized carbons (Fsp3) is 0.407. The summed E-state index contributed by atoms with van der Waals surface area (Å²) in [4.78, 5) is 0. The van der Waals surface area contributed by atoms with Gasteiger partial charge in [0.1, 0.15) is 6.17 Å². The molecule has 3 rings (SSSR count). The van der Waals surface area contributed by atoms with Crippen molar-refractivity contribution in [3.8, 4) is 0 Å². The number of halogens is 1. The first-order chi connectivity index (χ1) is 15.0. The highest BCUT2D eigenvalue weighted by molar-refractivity contribution is 7.61. The summed E-state index contributed by atoms with van der Waals surface area (Å²) in [5.41, 5.74) is 2.49. The third-order valence-corrected chi connectivity index (χ3v) is 12.9. The lowest BCUT2D eigenvalue weighted by atomic mass is 9.86. The number of hydrogen-bond acceptors (Lipinski definition) is 2. The van der Waals surface area contributed by atoms with Gasteiger partial charge in [-0.25, -0.2) is 4.39 Å². The van der Waals surface area contributed by atoms with Crippen molar-refractivity contribution in [2.24, 2.45) is 0 Å². The third kappa shape index (κ3) is 5.73. The summed E-state index contributed by atoms with van der Waals surface area (Å²) in [6, 6.07) is 17.3. The summed E-state index contributed by atoms with van der Waals surface area (Å²) in [5, 5.41) is 1.73. The molecule has 0 saturated heterocycles. The highest BCUT2D eigenvalue weighted by atomic mass is 31.1. The van der Waals surface area contributed by atoms with Gasteiger partial charge in [-0.05, 0) is 60.3 Å². The fourth-order valence-corrected chi connectivity index (χ4v) is 6.48. The molecule has 1 aliphatic rings. The third-order valence-electron chi connectivity index (χ3n) is 6.74. The van der Waals surface area contributed by atoms with Crippen LogP contribution < -0.4 is 10.6 Å². The summed E-state index contributed by atoms with van der Waals surface area (Å²) in [5.74, 6) is 0. The van der Waals surface area contributed by atoms with Crippen molar-refractivity contribution < 1.29 is 13.4 Å². The molecule has 3 atom stereocenters. The number of hydrogen-bond donors (Lipinski definition) is 0. The molecule has 0 heterocycles. The van der Waals surface area contributed by atoms with Crippen molar-refractivity contribution in [1.82, 2.24) is 0 Å². The Bertz CT molecular complexity index is 1010. The lowest BCUT2D eigenvalue weighted by Gasteiger charge is -2.41. The fourth-order valence-electron chi connectivity index (χ4n) is 3.75. The molecule has 0 amide bonds. The van der Waals surface area contributed by atoms with E-state index in [0.717, 1.165) is 21.7 Å². The molecular formula is C27H35FO2PSi+. The highest BCUT2D eigenvalue weighted by Gasteiger charge is 2.41. The van der Waals surface area contributed by atoms with Gasteiger partial charge in [-0.3, -0.25) is 0 Å². The van der Waals surface area contributed by atoms with Crippen LogP contribution in [-0.2, 0) is 15.4 Å². The zero-order valence-corrected chi connectivity index (χ0v) is 21.8. The molecule has 2 nitrogen and oxygen atoms in total. The van der Waals surface area contributed by atoms with Gasteiger partial charge >= 0.3 is 7.80 Å². The molecule has 32 heavy (non-hydrogen) atoms. The second-order valence-corrected chi connectivity index (χ2v) is 16.5. The number of allylic oxidation sites excluding steroid dienone is 2. The molecule has 0 bridgehead atoms. The first kappa shape index (κ1) is 24.8. The highest BCUT2D eigenvalue weighted by Crippen LogP contribution is 2.41. The first-order valence-electron chi connectivity index (χ1n) is 11.3. The van der Waals surface area contributed by atoms with Crippen LogP contribution in [0.2, 0.25) is 18.1 Å². The summed E-state index contributed by atoms with van der Waals surface area (Å²) >= 11 is 0. The molecule has 0 aromatic heterocycles. The van der Waals surface area contributed by atoms with Crippen molar-refractivity contribution >= 4 is 26.7 Å². The molecule has 0 radical (unpaired) electrons. The Morgan fingerprint density at radius 1 is 1.12 bits per heavy atom. The largest absolute Gasteiger partial charge is 0.415 e. The van der Waals surface area contributed by atoms with Crippen molar-refractivity contribution in [2.45, 2.75) is 70.4 Å². The van der Waals surface area contributed by atoms with Crippen LogP contribution in [-0.4, -0.2) is 20.6 Å². The van der Waals surface area contributed by atoms with Crippen LogP contribution in [0.4, 0.5) is 4.39 Å². The molecule has 1 aliphatic carbocycles. The van der Waals surface area contributed by atoms with E-state index in [1.807, 2.05) is 54.6 Å². The predicted molar refractivity (Wildman–Crippen MR) is 137 cm³/mol. The van der Waals surface area contributed by atoms with Crippen molar-refractivity contribution in [1.29, 1.82) is 0 Å². The topological polar surface area (TPSA) is 26.3 Å². The summed E-state index contributed by atoms with van der Waals surface area (Å²) in [6.07, 6.45) is 2.50. The Morgan fingerprint density at radius 3 is 2.41 bits per heavy atom. The van der Waals surface area contributed by atoms with Crippen LogP contribution in [0.15, 0.2) is 78.4 Å². The van der Waals surface area contributed by atoms with Crippen LogP contribution in [0.1, 0.15) is 39.2 Å². The van der Waals surface area contributed by atoms with E-state index in [1.54, 1.807) is 0 Å². The predicted octanol–water partition coefficient (Wildman–Crippen LogP) is 7.01. The van der Waals surface area contributed by atoms with E-state index >= 15 is 0 Å². The number of alkyl halides is 1. The minimum atomic E-state index is -1.98. The van der Waals surface area contributed by atoms with E-state index in [0.29, 0.717) is 24.8 Å². The molecule has 2 aromatic rings. The maximum absolute atomic E-state index is 14.9. The molecule has 1 fully saturated rings. The maximum atomic E-state index is 14.9. The van der Waals surface area contributed by atoms with Gasteiger partial charge < -0.3 is 4.43 Å². The molecule has 5 heteroatoms. The smallest absolute Gasteiger partial charge is 0.413 e. The Balaban J connectivity index is 1.81. The molecule has 1 unspecified atom stereocenters. The van der Waals surface area contributed by atoms with Crippen molar-refractivity contribution in [2.75, 3.05) is 0 Å². The number of benzene rings is 2. The molecule has 0 spiro atoms. The molecule has 0 aliphatic heterocycles. The van der Waals surface area contributed by atoms with E-state index in [1.165, 1.54) is 0 Å². The monoisotopic (exact) mass is 469 g/mol. The Hall–Kier alpha value is -1.87. The zero-order chi connectivity index (χ0) is 23.5. The van der Waals surface area contributed by atoms with Gasteiger partial charge in [-0.1, -0.05) is 74.4 Å². The first-order valence-corrected chi connectivity index (χ1v) is 15.5. The van der Waals surface area contributed by atoms with E-state index in [2.05, 4.69) is 46.5 Å². The maximum Gasteiger partial charge on any atom is 0.415 e. The summed E-state index contributed by atoms with van der Waals surface area (Å²) in [6.45, 7) is 15.1. The van der Waals surface area contributed by atoms with Crippen LogP contribution in [0.5, 0.6) is 0 Å². The Labute approximate surface area is 194 Å². The standard InChI is InChI=1S/C27H35FO2PSi/c1-20-22(18-23(19-25(20)28)30-32(5,6)27(2,3)4)17-16-21-12-10-11-15-26(21)31(29)24-13-8-7-9-14-24/h7-15,17,23,25H,1,16,18-19H2,2-6H3/q+1/b22-17-/t23-,25+/m1/s1. The van der Waals surface area contributed by atoms with Crippen LogP contribution in [0.3, 0.4) is 0 Å². The second kappa shape index (κ2) is 9.95. The van der Waals surface area contributed by atoms with Crippen LogP contribution in [0.25, 0.3) is 0 Å². The van der Waals surface area contributed by atoms with Gasteiger partial charge in [-0.2, -0.15) is 0 Å². The van der Waals surface area contributed by atoms with E-state index in [9.17, 15) is 8.96 Å². The SMILES string of the molecule is C=C1/C(=C\Cc2ccccc2[P+](=O)c2ccccc2)C[C@@H](O[Si](C)(C)C(C)(C)C)C[C@@H]1F. The summed E-state index contributed by atoms with van der Waals surface area (Å²) in [7, 11) is -3.66. The minimum Gasteiger partial charge on any atom is -0.413 e. The Kier molecular flexibility index (Phi) is 7.70. The van der Waals surface area contributed by atoms with Gasteiger partial charge in [0.05, 0.1) is 6.10 Å². The molecular weight excluding hydrogens is 434 g/mol. The second-order valence-electron chi connectivity index (χ2n) is 10.1. The minimum absolute atomic E-state index is 0.0822. The quantitative estimate of drug-likeness (QED) is 0.336. The zero-order valence-electron chi connectivity index (χ0n) is 19.9. The van der Waals surface area contributed by atoms with Gasteiger partial charge in [0.25, 0.3) is 0 Å². The molecule has 2 aromatic carbocycles. The van der Waals surface area contributed by atoms with Crippen LogP contribution >= 0.6 is 7.80 Å². The average molecular weight is 470 g/mol. The van der Waals surface area contributed by atoms with Gasteiger partial charge in [0.2, 0.25) is 0 Å². The van der Waals surface area contributed by atoms with Gasteiger partial charge in [0.15, 0.2) is 18.9 Å². The summed E-state index contributed by atoms with van der Waals surface area (Å²) < 4.78 is 34.6. The normalized spacial score (nSPS) is 21.6. The lowest BCUT2D eigenvalue weighted by molar-refractivity contribution is 0.131. The van der Waals surface area contributed by atoms with Crippen molar-refractivity contribution in [3.05, 3.63) is 84.0 Å². The average Bonchev–Trinajstić information content (AvgIpc) is 2.74.